The molecular weight excluding hydrogens is 188 g/mol. The molecule has 0 atom stereocenters. The van der Waals surface area contributed by atoms with Crippen LogP contribution in [0.2, 0.25) is 0 Å². The summed E-state index contributed by atoms with van der Waals surface area (Å²) in [6.07, 6.45) is 3.28. The van der Waals surface area contributed by atoms with E-state index in [0.29, 0.717) is 11.7 Å². The van der Waals surface area contributed by atoms with E-state index >= 15 is 0 Å². The number of carbonyl (C=O) groups excluding carboxylic acids is 1. The number of carbonyl (C=O) groups is 1. The summed E-state index contributed by atoms with van der Waals surface area (Å²) in [7, 11) is 0. The van der Waals surface area contributed by atoms with Crippen molar-refractivity contribution in [2.45, 2.75) is 20.8 Å². The van der Waals surface area contributed by atoms with Gasteiger partial charge in [-0.15, -0.1) is 0 Å². The standard InChI is InChI=1S/C13H16O2/c1-10(2)4-9-13(14)15-12-7-5-11(3)6-8-12/h4-10H,1-3H3/b9-4+. The minimum atomic E-state index is -0.326. The molecule has 80 valence electrons. The molecule has 0 aromatic heterocycles. The molecule has 0 heterocycles. The molecule has 2 nitrogen and oxygen atoms in total. The molecule has 0 spiro atoms. The van der Waals surface area contributed by atoms with E-state index in [1.54, 1.807) is 12.1 Å². The molecule has 1 rings (SSSR count). The molecule has 0 bridgehead atoms. The maximum atomic E-state index is 11.3. The largest absolute Gasteiger partial charge is 0.423 e. The van der Waals surface area contributed by atoms with Crippen molar-refractivity contribution in [3.63, 3.8) is 0 Å². The third-order valence-corrected chi connectivity index (χ3v) is 1.86. The Balaban J connectivity index is 2.55. The van der Waals surface area contributed by atoms with Gasteiger partial charge in [0.15, 0.2) is 0 Å². The highest BCUT2D eigenvalue weighted by Gasteiger charge is 1.99. The molecule has 0 amide bonds. The molecule has 0 N–H and O–H groups in total. The third-order valence-electron chi connectivity index (χ3n) is 1.86. The van der Waals surface area contributed by atoms with Gasteiger partial charge in [0.05, 0.1) is 0 Å². The highest BCUT2D eigenvalue weighted by Crippen LogP contribution is 2.11. The summed E-state index contributed by atoms with van der Waals surface area (Å²) in [5, 5.41) is 0. The lowest BCUT2D eigenvalue weighted by Crippen LogP contribution is -2.04. The van der Waals surface area contributed by atoms with Crippen LogP contribution in [0.1, 0.15) is 19.4 Å². The van der Waals surface area contributed by atoms with Crippen LogP contribution in [0.25, 0.3) is 0 Å². The van der Waals surface area contributed by atoms with Crippen LogP contribution in [-0.4, -0.2) is 5.97 Å². The monoisotopic (exact) mass is 204 g/mol. The maximum Gasteiger partial charge on any atom is 0.335 e. The van der Waals surface area contributed by atoms with E-state index in [2.05, 4.69) is 0 Å². The van der Waals surface area contributed by atoms with E-state index in [4.69, 9.17) is 4.74 Å². The first-order valence-corrected chi connectivity index (χ1v) is 5.04. The zero-order valence-electron chi connectivity index (χ0n) is 9.36. The summed E-state index contributed by atoms with van der Waals surface area (Å²) in [4.78, 5) is 11.3. The SMILES string of the molecule is Cc1ccc(OC(=O)/C=C/C(C)C)cc1. The Morgan fingerprint density at radius 1 is 1.27 bits per heavy atom. The summed E-state index contributed by atoms with van der Waals surface area (Å²) in [5.41, 5.74) is 1.15. The highest BCUT2D eigenvalue weighted by atomic mass is 16.5. The lowest BCUT2D eigenvalue weighted by atomic mass is 10.2. The minimum absolute atomic E-state index is 0.326. The average molecular weight is 204 g/mol. The number of esters is 1. The molecule has 15 heavy (non-hydrogen) atoms. The second-order valence-corrected chi connectivity index (χ2v) is 3.84. The predicted octanol–water partition coefficient (Wildman–Crippen LogP) is 3.11. The van der Waals surface area contributed by atoms with Crippen molar-refractivity contribution in [1.29, 1.82) is 0 Å². The van der Waals surface area contributed by atoms with Crippen molar-refractivity contribution in [1.82, 2.24) is 0 Å². The number of allylic oxidation sites excluding steroid dienone is 1. The van der Waals surface area contributed by atoms with Gasteiger partial charge in [-0.25, -0.2) is 4.79 Å². The van der Waals surface area contributed by atoms with Crippen molar-refractivity contribution in [3.05, 3.63) is 42.0 Å². The second-order valence-electron chi connectivity index (χ2n) is 3.84. The van der Waals surface area contributed by atoms with Crippen LogP contribution in [-0.2, 0) is 4.79 Å². The van der Waals surface area contributed by atoms with Crippen LogP contribution in [0.4, 0.5) is 0 Å². The molecule has 0 radical (unpaired) electrons. The van der Waals surface area contributed by atoms with Crippen LogP contribution in [0.5, 0.6) is 5.75 Å². The van der Waals surface area contributed by atoms with E-state index < -0.39 is 0 Å². The van der Waals surface area contributed by atoms with Crippen LogP contribution >= 0.6 is 0 Å². The van der Waals surface area contributed by atoms with Gasteiger partial charge in [-0.2, -0.15) is 0 Å². The highest BCUT2D eigenvalue weighted by molar-refractivity contribution is 5.84. The fourth-order valence-corrected chi connectivity index (χ4v) is 1.03. The first kappa shape index (κ1) is 11.5. The van der Waals surface area contributed by atoms with Crippen LogP contribution in [0.15, 0.2) is 36.4 Å². The van der Waals surface area contributed by atoms with Gasteiger partial charge in [-0.05, 0) is 25.0 Å². The third kappa shape index (κ3) is 4.45. The van der Waals surface area contributed by atoms with E-state index in [9.17, 15) is 4.79 Å². The fraction of sp³-hybridized carbons (Fsp3) is 0.308. The van der Waals surface area contributed by atoms with Gasteiger partial charge in [0.1, 0.15) is 5.75 Å². The number of aryl methyl sites for hydroxylation is 1. The second kappa shape index (κ2) is 5.35. The van der Waals surface area contributed by atoms with E-state index in [1.807, 2.05) is 39.0 Å². The van der Waals surface area contributed by atoms with E-state index in [1.165, 1.54) is 6.08 Å². The molecule has 0 saturated heterocycles. The molecule has 1 aromatic rings. The number of hydrogen-bond donors (Lipinski definition) is 0. The van der Waals surface area contributed by atoms with Crippen LogP contribution in [0.3, 0.4) is 0 Å². The van der Waals surface area contributed by atoms with Crippen molar-refractivity contribution >= 4 is 5.97 Å². The molecule has 1 aromatic carbocycles. The summed E-state index contributed by atoms with van der Waals surface area (Å²) in [6.45, 7) is 6.01. The Bertz CT molecular complexity index is 347. The number of hydrogen-bond acceptors (Lipinski definition) is 2. The lowest BCUT2D eigenvalue weighted by molar-refractivity contribution is -0.129. The summed E-state index contributed by atoms with van der Waals surface area (Å²) in [5.74, 6) is 0.613. The van der Waals surface area contributed by atoms with Gasteiger partial charge in [0.25, 0.3) is 0 Å². The maximum absolute atomic E-state index is 11.3. The molecule has 0 fully saturated rings. The van der Waals surface area contributed by atoms with Gasteiger partial charge < -0.3 is 4.74 Å². The van der Waals surface area contributed by atoms with Crippen molar-refractivity contribution < 1.29 is 9.53 Å². The topological polar surface area (TPSA) is 26.3 Å². The Labute approximate surface area is 90.6 Å². The van der Waals surface area contributed by atoms with Gasteiger partial charge in [-0.3, -0.25) is 0 Å². The quantitative estimate of drug-likeness (QED) is 0.429. The summed E-state index contributed by atoms with van der Waals surface area (Å²) < 4.78 is 5.09. The van der Waals surface area contributed by atoms with Crippen molar-refractivity contribution in [2.75, 3.05) is 0 Å². The van der Waals surface area contributed by atoms with Gasteiger partial charge in [0, 0.05) is 6.08 Å². The van der Waals surface area contributed by atoms with Crippen LogP contribution in [0, 0.1) is 12.8 Å². The molecule has 0 unspecified atom stereocenters. The van der Waals surface area contributed by atoms with Gasteiger partial charge >= 0.3 is 5.97 Å². The van der Waals surface area contributed by atoms with E-state index in [-0.39, 0.29) is 5.97 Å². The predicted molar refractivity (Wildman–Crippen MR) is 60.8 cm³/mol. The minimum Gasteiger partial charge on any atom is -0.423 e. The number of rotatable bonds is 3. The average Bonchev–Trinajstić information content (AvgIpc) is 2.19. The molecule has 0 aliphatic rings. The molecule has 2 heteroatoms. The Morgan fingerprint density at radius 2 is 1.87 bits per heavy atom. The fourth-order valence-electron chi connectivity index (χ4n) is 1.03. The first-order chi connectivity index (χ1) is 7.08. The Hall–Kier alpha value is -1.57. The molecular formula is C13H16O2. The lowest BCUT2D eigenvalue weighted by Gasteiger charge is -2.01. The molecule has 0 aliphatic carbocycles. The Morgan fingerprint density at radius 3 is 2.40 bits per heavy atom. The van der Waals surface area contributed by atoms with Crippen molar-refractivity contribution in [3.8, 4) is 5.75 Å². The molecule has 0 saturated carbocycles. The normalized spacial score (nSPS) is 10.9. The number of ether oxygens (including phenoxy) is 1. The Kier molecular flexibility index (Phi) is 4.10. The van der Waals surface area contributed by atoms with E-state index in [0.717, 1.165) is 5.56 Å². The molecule has 0 aliphatic heterocycles. The number of benzene rings is 1. The zero-order chi connectivity index (χ0) is 11.3. The van der Waals surface area contributed by atoms with Crippen LogP contribution < -0.4 is 4.74 Å². The smallest absolute Gasteiger partial charge is 0.335 e. The van der Waals surface area contributed by atoms with Gasteiger partial charge in [0.2, 0.25) is 0 Å². The summed E-state index contributed by atoms with van der Waals surface area (Å²) >= 11 is 0. The van der Waals surface area contributed by atoms with Crippen molar-refractivity contribution in [2.24, 2.45) is 5.92 Å². The van der Waals surface area contributed by atoms with Gasteiger partial charge in [-0.1, -0.05) is 37.6 Å². The first-order valence-electron chi connectivity index (χ1n) is 5.04. The summed E-state index contributed by atoms with van der Waals surface area (Å²) in [6, 6.07) is 7.40. The zero-order valence-corrected chi connectivity index (χ0v) is 9.36.